The van der Waals surface area contributed by atoms with Gasteiger partial charge in [0.25, 0.3) is 5.56 Å². The third kappa shape index (κ3) is 4.87. The molecular weight excluding hydrogens is 529 g/mol. The highest BCUT2D eigenvalue weighted by Gasteiger charge is 2.27. The van der Waals surface area contributed by atoms with Gasteiger partial charge in [0, 0.05) is 48.1 Å². The zero-order chi connectivity index (χ0) is 27.0. The van der Waals surface area contributed by atoms with Crippen molar-refractivity contribution in [2.24, 2.45) is 0 Å². The van der Waals surface area contributed by atoms with Crippen molar-refractivity contribution in [2.45, 2.75) is 19.0 Å². The van der Waals surface area contributed by atoms with Gasteiger partial charge in [0.15, 0.2) is 0 Å². The quantitative estimate of drug-likeness (QED) is 0.308. The molecule has 0 aliphatic carbocycles. The molecule has 0 amide bonds. The second-order valence-corrected chi connectivity index (χ2v) is 10.2. The van der Waals surface area contributed by atoms with E-state index in [-0.39, 0.29) is 21.6 Å². The molecule has 3 aromatic heterocycles. The Morgan fingerprint density at radius 1 is 1.11 bits per heavy atom. The first-order valence-corrected chi connectivity index (χ1v) is 13.0. The largest absolute Gasteiger partial charge is 0.495 e. The van der Waals surface area contributed by atoms with Gasteiger partial charge in [-0.15, -0.1) is 0 Å². The fraction of sp³-hybridized carbons (Fsp3) is 0.370. The molecule has 11 heteroatoms. The first-order chi connectivity index (χ1) is 18.3. The number of hydrogen-bond acceptors (Lipinski definition) is 7. The molecule has 9 nitrogen and oxygen atoms in total. The maximum atomic E-state index is 14.1. The molecule has 0 saturated carbocycles. The lowest BCUT2D eigenvalue weighted by Gasteiger charge is -2.20. The molecule has 1 unspecified atom stereocenters. The smallest absolute Gasteiger partial charge is 0.259 e. The van der Waals surface area contributed by atoms with E-state index in [1.165, 1.54) is 14.2 Å². The second kappa shape index (κ2) is 10.9. The van der Waals surface area contributed by atoms with Crippen LogP contribution in [0.5, 0.6) is 11.5 Å². The van der Waals surface area contributed by atoms with Crippen LogP contribution in [0.4, 0.5) is 0 Å². The molecule has 1 aliphatic heterocycles. The summed E-state index contributed by atoms with van der Waals surface area (Å²) in [4.78, 5) is 20.9. The van der Waals surface area contributed by atoms with Gasteiger partial charge in [0.1, 0.15) is 11.5 Å². The van der Waals surface area contributed by atoms with Crippen molar-refractivity contribution in [1.82, 2.24) is 24.2 Å². The predicted octanol–water partition coefficient (Wildman–Crippen LogP) is 4.77. The fourth-order valence-electron chi connectivity index (χ4n) is 4.70. The summed E-state index contributed by atoms with van der Waals surface area (Å²) in [6.45, 7) is 2.64. The van der Waals surface area contributed by atoms with Gasteiger partial charge in [-0.2, -0.15) is 5.10 Å². The Morgan fingerprint density at radius 2 is 1.84 bits per heavy atom. The summed E-state index contributed by atoms with van der Waals surface area (Å²) in [7, 11) is 7.05. The van der Waals surface area contributed by atoms with Crippen LogP contribution >= 0.6 is 23.2 Å². The number of rotatable bonds is 8. The lowest BCUT2D eigenvalue weighted by atomic mass is 10.0. The van der Waals surface area contributed by atoms with Crippen LogP contribution in [-0.2, 0) is 11.3 Å². The number of pyridine rings is 2. The normalized spacial score (nSPS) is 15.5. The SMILES string of the molecule is COc1cc(OC)c(Cl)c(-c2cc3cnc(-c4cnn(CCN(C)C)c4)cc3n(C3CCOC3)c2=O)c1Cl. The lowest BCUT2D eigenvalue weighted by Crippen LogP contribution is -2.27. The standard InChI is InChI=1S/C27H29Cl2N5O4/c1-32(2)6-7-33-14-17(13-31-33)20-10-21-16(12-30-20)9-19(27(35)34(21)18-5-8-38-15-18)24-25(28)22(36-3)11-23(37-4)26(24)29/h9-14,18H,5-8,15H2,1-4H3. The van der Waals surface area contributed by atoms with E-state index in [0.717, 1.165) is 35.2 Å². The maximum Gasteiger partial charge on any atom is 0.259 e. The van der Waals surface area contributed by atoms with Crippen molar-refractivity contribution in [1.29, 1.82) is 0 Å². The highest BCUT2D eigenvalue weighted by Crippen LogP contribution is 2.45. The minimum absolute atomic E-state index is 0.145. The summed E-state index contributed by atoms with van der Waals surface area (Å²) in [5.41, 5.74) is 2.82. The van der Waals surface area contributed by atoms with Gasteiger partial charge in [-0.05, 0) is 32.6 Å². The number of ether oxygens (including phenoxy) is 3. The van der Waals surface area contributed by atoms with E-state index in [1.54, 1.807) is 29.1 Å². The van der Waals surface area contributed by atoms with Crippen molar-refractivity contribution in [3.63, 3.8) is 0 Å². The van der Waals surface area contributed by atoms with E-state index < -0.39 is 0 Å². The molecule has 4 heterocycles. The van der Waals surface area contributed by atoms with Crippen molar-refractivity contribution < 1.29 is 14.2 Å². The summed E-state index contributed by atoms with van der Waals surface area (Å²) < 4.78 is 20.2. The number of nitrogens with zero attached hydrogens (tertiary/aromatic N) is 5. The van der Waals surface area contributed by atoms with Crippen LogP contribution in [0.2, 0.25) is 10.0 Å². The zero-order valence-electron chi connectivity index (χ0n) is 21.7. The van der Waals surface area contributed by atoms with E-state index in [1.807, 2.05) is 31.0 Å². The molecule has 200 valence electrons. The van der Waals surface area contributed by atoms with Gasteiger partial charge in [-0.1, -0.05) is 23.2 Å². The van der Waals surface area contributed by atoms with Crippen LogP contribution in [0.3, 0.4) is 0 Å². The van der Waals surface area contributed by atoms with E-state index in [0.29, 0.717) is 42.3 Å². The van der Waals surface area contributed by atoms with Crippen LogP contribution < -0.4 is 15.0 Å². The monoisotopic (exact) mass is 557 g/mol. The molecule has 1 aromatic carbocycles. The number of methoxy groups -OCH3 is 2. The first kappa shape index (κ1) is 26.5. The van der Waals surface area contributed by atoms with Crippen LogP contribution in [-0.4, -0.2) is 72.3 Å². The molecule has 4 aromatic rings. The Morgan fingerprint density at radius 3 is 2.47 bits per heavy atom. The second-order valence-electron chi connectivity index (χ2n) is 9.46. The molecule has 1 atom stereocenters. The molecular formula is C27H29Cl2N5O4. The lowest BCUT2D eigenvalue weighted by molar-refractivity contribution is 0.186. The van der Waals surface area contributed by atoms with E-state index in [9.17, 15) is 4.79 Å². The third-order valence-corrected chi connectivity index (χ3v) is 7.49. The summed E-state index contributed by atoms with van der Waals surface area (Å²) >= 11 is 13.4. The summed E-state index contributed by atoms with van der Waals surface area (Å²) in [6.07, 6.45) is 6.23. The van der Waals surface area contributed by atoms with E-state index >= 15 is 0 Å². The Hall–Kier alpha value is -3.11. The molecule has 5 rings (SSSR count). The van der Waals surface area contributed by atoms with Crippen LogP contribution in [0.15, 0.2) is 41.6 Å². The van der Waals surface area contributed by atoms with Crippen LogP contribution in [0.1, 0.15) is 12.5 Å². The van der Waals surface area contributed by atoms with Gasteiger partial charge in [-0.3, -0.25) is 14.5 Å². The number of benzene rings is 1. The van der Waals surface area contributed by atoms with Gasteiger partial charge in [-0.25, -0.2) is 0 Å². The highest BCUT2D eigenvalue weighted by molar-refractivity contribution is 6.41. The Balaban J connectivity index is 1.70. The van der Waals surface area contributed by atoms with Crippen molar-refractivity contribution >= 4 is 34.1 Å². The van der Waals surface area contributed by atoms with E-state index in [2.05, 4.69) is 10.00 Å². The number of aromatic nitrogens is 4. The summed E-state index contributed by atoms with van der Waals surface area (Å²) in [5, 5.41) is 5.71. The summed E-state index contributed by atoms with van der Waals surface area (Å²) in [5.74, 6) is 0.718. The minimum atomic E-state index is -0.231. The van der Waals surface area contributed by atoms with Crippen LogP contribution in [0.25, 0.3) is 33.3 Å². The number of fused-ring (bicyclic) bond motifs is 1. The molecule has 1 saturated heterocycles. The van der Waals surface area contributed by atoms with Crippen LogP contribution in [0, 0.1) is 0 Å². The Kier molecular flexibility index (Phi) is 7.63. The molecule has 1 fully saturated rings. The van der Waals surface area contributed by atoms with Crippen molar-refractivity contribution in [3.8, 4) is 33.9 Å². The predicted molar refractivity (Wildman–Crippen MR) is 149 cm³/mol. The molecule has 0 N–H and O–H groups in total. The number of likely N-dealkylation sites (N-methyl/N-ethyl adjacent to an activating group) is 1. The fourth-order valence-corrected chi connectivity index (χ4v) is 5.40. The average molecular weight is 558 g/mol. The van der Waals surface area contributed by atoms with Crippen molar-refractivity contribution in [3.05, 3.63) is 57.2 Å². The topological polar surface area (TPSA) is 83.6 Å². The van der Waals surface area contributed by atoms with Gasteiger partial charge >= 0.3 is 0 Å². The molecule has 0 bridgehead atoms. The molecule has 0 radical (unpaired) electrons. The molecule has 38 heavy (non-hydrogen) atoms. The van der Waals surface area contributed by atoms with Gasteiger partial charge in [0.2, 0.25) is 0 Å². The molecule has 0 spiro atoms. The zero-order valence-corrected chi connectivity index (χ0v) is 23.2. The summed E-state index contributed by atoms with van der Waals surface area (Å²) in [6, 6.07) is 5.16. The van der Waals surface area contributed by atoms with Gasteiger partial charge in [0.05, 0.1) is 66.4 Å². The van der Waals surface area contributed by atoms with Gasteiger partial charge < -0.3 is 23.7 Å². The first-order valence-electron chi connectivity index (χ1n) is 12.2. The molecule has 1 aliphatic rings. The highest BCUT2D eigenvalue weighted by atomic mass is 35.5. The minimum Gasteiger partial charge on any atom is -0.495 e. The maximum absolute atomic E-state index is 14.1. The van der Waals surface area contributed by atoms with Crippen molar-refractivity contribution in [2.75, 3.05) is 48.1 Å². The third-order valence-electron chi connectivity index (χ3n) is 6.74. The van der Waals surface area contributed by atoms with E-state index in [4.69, 9.17) is 42.4 Å². The number of hydrogen-bond donors (Lipinski definition) is 0. The average Bonchev–Trinajstić information content (AvgIpc) is 3.60. The Labute approximate surface area is 230 Å². The number of halogens is 2. The Bertz CT molecular complexity index is 1510.